The molecule has 0 aromatic carbocycles. The van der Waals surface area contributed by atoms with Crippen molar-refractivity contribution >= 4 is 5.91 Å². The van der Waals surface area contributed by atoms with Gasteiger partial charge in [0.15, 0.2) is 0 Å². The van der Waals surface area contributed by atoms with Crippen molar-refractivity contribution in [3.63, 3.8) is 0 Å². The second-order valence-corrected chi connectivity index (χ2v) is 5.68. The normalized spacial score (nSPS) is 23.6. The van der Waals surface area contributed by atoms with Gasteiger partial charge in [0.25, 0.3) is 0 Å². The van der Waals surface area contributed by atoms with E-state index in [1.807, 2.05) is 0 Å². The summed E-state index contributed by atoms with van der Waals surface area (Å²) in [5.41, 5.74) is 5.53. The Morgan fingerprint density at radius 2 is 2.05 bits per heavy atom. The quantitative estimate of drug-likeness (QED) is 0.818. The Morgan fingerprint density at radius 1 is 1.35 bits per heavy atom. The number of carbonyl (C=O) groups excluding carboxylic acids is 1. The summed E-state index contributed by atoms with van der Waals surface area (Å²) in [7, 11) is 0. The molecule has 1 amide bonds. The minimum absolute atomic E-state index is 0.177. The molecule has 1 rings (SSSR count). The molecule has 0 bridgehead atoms. The highest BCUT2D eigenvalue weighted by Gasteiger charge is 2.36. The lowest BCUT2D eigenvalue weighted by Gasteiger charge is -2.33. The molecule has 0 heterocycles. The Bertz CT molecular complexity index is 305. The van der Waals surface area contributed by atoms with Gasteiger partial charge in [0.05, 0.1) is 0 Å². The summed E-state index contributed by atoms with van der Waals surface area (Å²) < 4.78 is 37.6. The summed E-state index contributed by atoms with van der Waals surface area (Å²) in [6.07, 6.45) is 0.418. The van der Waals surface area contributed by atoms with E-state index in [1.165, 1.54) is 0 Å². The van der Waals surface area contributed by atoms with Gasteiger partial charge in [-0.1, -0.05) is 19.8 Å². The molecule has 0 spiro atoms. The molecule has 1 aliphatic carbocycles. The first-order valence-corrected chi connectivity index (χ1v) is 7.43. The second kappa shape index (κ2) is 7.86. The number of nitrogens with two attached hydrogens (primary N) is 1. The lowest BCUT2D eigenvalue weighted by Crippen LogP contribution is -2.43. The van der Waals surface area contributed by atoms with Gasteiger partial charge in [-0.3, -0.25) is 4.79 Å². The third-order valence-electron chi connectivity index (χ3n) is 3.88. The molecule has 0 aromatic heterocycles. The first-order valence-electron chi connectivity index (χ1n) is 7.43. The van der Waals surface area contributed by atoms with E-state index in [0.29, 0.717) is 31.7 Å². The fourth-order valence-corrected chi connectivity index (χ4v) is 3.02. The molecule has 0 aromatic rings. The van der Waals surface area contributed by atoms with Crippen molar-refractivity contribution in [2.75, 3.05) is 19.6 Å². The first-order chi connectivity index (χ1) is 9.37. The van der Waals surface area contributed by atoms with Crippen LogP contribution in [0, 0.1) is 11.8 Å². The van der Waals surface area contributed by atoms with Gasteiger partial charge in [0.1, 0.15) is 6.54 Å². The SMILES string of the molecule is CCCN(CC(F)(F)F)C(=O)C1CCCC(CCN)C1. The fourth-order valence-electron chi connectivity index (χ4n) is 3.02. The van der Waals surface area contributed by atoms with Crippen LogP contribution in [-0.2, 0) is 4.79 Å². The highest BCUT2D eigenvalue weighted by atomic mass is 19.4. The summed E-state index contributed by atoms with van der Waals surface area (Å²) in [5.74, 6) is -0.197. The second-order valence-electron chi connectivity index (χ2n) is 5.68. The summed E-state index contributed by atoms with van der Waals surface area (Å²) in [5, 5.41) is 0. The third-order valence-corrected chi connectivity index (χ3v) is 3.88. The molecule has 2 unspecified atom stereocenters. The number of nitrogens with zero attached hydrogens (tertiary/aromatic N) is 1. The van der Waals surface area contributed by atoms with E-state index < -0.39 is 12.7 Å². The third kappa shape index (κ3) is 5.69. The number of amides is 1. The monoisotopic (exact) mass is 294 g/mol. The van der Waals surface area contributed by atoms with Crippen molar-refractivity contribution in [1.82, 2.24) is 4.90 Å². The van der Waals surface area contributed by atoms with E-state index in [2.05, 4.69) is 0 Å². The van der Waals surface area contributed by atoms with Gasteiger partial charge < -0.3 is 10.6 Å². The average molecular weight is 294 g/mol. The van der Waals surface area contributed by atoms with Crippen LogP contribution in [0.2, 0.25) is 0 Å². The summed E-state index contributed by atoms with van der Waals surface area (Å²) in [6, 6.07) is 0. The van der Waals surface area contributed by atoms with Crippen LogP contribution in [0.25, 0.3) is 0 Å². The molecule has 2 atom stereocenters. The van der Waals surface area contributed by atoms with Gasteiger partial charge in [-0.05, 0) is 38.1 Å². The van der Waals surface area contributed by atoms with Crippen LogP contribution in [0.3, 0.4) is 0 Å². The Morgan fingerprint density at radius 3 is 2.60 bits per heavy atom. The van der Waals surface area contributed by atoms with E-state index in [9.17, 15) is 18.0 Å². The maximum Gasteiger partial charge on any atom is 0.406 e. The minimum atomic E-state index is -4.32. The predicted molar refractivity (Wildman–Crippen MR) is 72.0 cm³/mol. The maximum atomic E-state index is 12.5. The van der Waals surface area contributed by atoms with Crippen molar-refractivity contribution in [3.8, 4) is 0 Å². The molecule has 118 valence electrons. The first kappa shape index (κ1) is 17.3. The van der Waals surface area contributed by atoms with Crippen LogP contribution < -0.4 is 5.73 Å². The fraction of sp³-hybridized carbons (Fsp3) is 0.929. The molecule has 0 saturated heterocycles. The van der Waals surface area contributed by atoms with Crippen molar-refractivity contribution < 1.29 is 18.0 Å². The molecular formula is C14H25F3N2O. The molecule has 0 radical (unpaired) electrons. The maximum absolute atomic E-state index is 12.5. The molecule has 20 heavy (non-hydrogen) atoms. The zero-order chi connectivity index (χ0) is 15.2. The standard InChI is InChI=1S/C14H25F3N2O/c1-2-8-19(10-14(15,16)17)13(20)12-5-3-4-11(9-12)6-7-18/h11-12H,2-10,18H2,1H3. The predicted octanol–water partition coefficient (Wildman–Crippen LogP) is 2.94. The Hall–Kier alpha value is -0.780. The summed E-state index contributed by atoms with van der Waals surface area (Å²) >= 11 is 0. The van der Waals surface area contributed by atoms with Crippen LogP contribution >= 0.6 is 0 Å². The number of halogens is 3. The Balaban J connectivity index is 2.63. The van der Waals surface area contributed by atoms with Crippen LogP contribution in [-0.4, -0.2) is 36.6 Å². The van der Waals surface area contributed by atoms with Gasteiger partial charge >= 0.3 is 6.18 Å². The van der Waals surface area contributed by atoms with E-state index in [4.69, 9.17) is 5.73 Å². The molecule has 3 nitrogen and oxygen atoms in total. The lowest BCUT2D eigenvalue weighted by atomic mass is 9.79. The Kier molecular flexibility index (Phi) is 6.79. The largest absolute Gasteiger partial charge is 0.406 e. The van der Waals surface area contributed by atoms with Gasteiger partial charge in [-0.2, -0.15) is 13.2 Å². The van der Waals surface area contributed by atoms with Crippen LogP contribution in [0.5, 0.6) is 0 Å². The summed E-state index contributed by atoms with van der Waals surface area (Å²) in [6.45, 7) is 1.41. The van der Waals surface area contributed by atoms with E-state index in [1.54, 1.807) is 6.92 Å². The molecule has 2 N–H and O–H groups in total. The topological polar surface area (TPSA) is 46.3 Å². The lowest BCUT2D eigenvalue weighted by molar-refractivity contribution is -0.164. The number of carbonyl (C=O) groups is 1. The summed E-state index contributed by atoms with van der Waals surface area (Å²) in [4.78, 5) is 13.3. The van der Waals surface area contributed by atoms with E-state index in [0.717, 1.165) is 24.2 Å². The molecule has 0 aliphatic heterocycles. The van der Waals surface area contributed by atoms with Crippen molar-refractivity contribution in [3.05, 3.63) is 0 Å². The van der Waals surface area contributed by atoms with Crippen LogP contribution in [0.4, 0.5) is 13.2 Å². The highest BCUT2D eigenvalue weighted by molar-refractivity contribution is 5.79. The molecule has 1 saturated carbocycles. The van der Waals surface area contributed by atoms with Crippen molar-refractivity contribution in [1.29, 1.82) is 0 Å². The van der Waals surface area contributed by atoms with Crippen LogP contribution in [0.1, 0.15) is 45.4 Å². The number of alkyl halides is 3. The molecule has 1 fully saturated rings. The zero-order valence-corrected chi connectivity index (χ0v) is 12.1. The van der Waals surface area contributed by atoms with Crippen molar-refractivity contribution in [2.45, 2.75) is 51.6 Å². The Labute approximate surface area is 118 Å². The zero-order valence-electron chi connectivity index (χ0n) is 12.1. The van der Waals surface area contributed by atoms with Crippen LogP contribution in [0.15, 0.2) is 0 Å². The van der Waals surface area contributed by atoms with Gasteiger partial charge in [0, 0.05) is 12.5 Å². The average Bonchev–Trinajstić information content (AvgIpc) is 2.36. The number of hydrogen-bond acceptors (Lipinski definition) is 2. The molecule has 1 aliphatic rings. The molecular weight excluding hydrogens is 269 g/mol. The van der Waals surface area contributed by atoms with E-state index in [-0.39, 0.29) is 18.4 Å². The van der Waals surface area contributed by atoms with Gasteiger partial charge in [-0.25, -0.2) is 0 Å². The molecule has 6 heteroatoms. The van der Waals surface area contributed by atoms with E-state index >= 15 is 0 Å². The number of rotatable bonds is 6. The van der Waals surface area contributed by atoms with Crippen molar-refractivity contribution in [2.24, 2.45) is 17.6 Å². The number of hydrogen-bond donors (Lipinski definition) is 1. The highest BCUT2D eigenvalue weighted by Crippen LogP contribution is 2.32. The van der Waals surface area contributed by atoms with Gasteiger partial charge in [0.2, 0.25) is 5.91 Å². The smallest absolute Gasteiger partial charge is 0.333 e. The minimum Gasteiger partial charge on any atom is -0.333 e. The van der Waals surface area contributed by atoms with Gasteiger partial charge in [-0.15, -0.1) is 0 Å².